The second-order valence-corrected chi connectivity index (χ2v) is 4.32. The quantitative estimate of drug-likeness (QED) is 0.879. The molecule has 0 bridgehead atoms. The van der Waals surface area contributed by atoms with Crippen LogP contribution in [-0.4, -0.2) is 9.97 Å². The van der Waals surface area contributed by atoms with Crippen LogP contribution < -0.4 is 5.73 Å². The van der Waals surface area contributed by atoms with Gasteiger partial charge < -0.3 is 5.73 Å². The molecule has 82 valence electrons. The average Bonchev–Trinajstić information content (AvgIpc) is 2.26. The van der Waals surface area contributed by atoms with Crippen LogP contribution in [0, 0.1) is 5.82 Å². The lowest BCUT2D eigenvalue weighted by Crippen LogP contribution is -1.96. The molecule has 0 radical (unpaired) electrons. The minimum Gasteiger partial charge on any atom is -0.383 e. The number of hydrogen-bond donors (Lipinski definition) is 1. The Balaban J connectivity index is 2.50. The Bertz CT molecular complexity index is 498. The van der Waals surface area contributed by atoms with Gasteiger partial charge in [0.05, 0.1) is 9.50 Å². The summed E-state index contributed by atoms with van der Waals surface area (Å²) in [4.78, 5) is 8.11. The van der Waals surface area contributed by atoms with Gasteiger partial charge in [-0.15, -0.1) is 0 Å². The first-order chi connectivity index (χ1) is 7.58. The van der Waals surface area contributed by atoms with E-state index in [1.54, 1.807) is 6.07 Å². The van der Waals surface area contributed by atoms with Crippen LogP contribution in [0.15, 0.2) is 28.9 Å². The lowest BCUT2D eigenvalue weighted by atomic mass is 10.2. The first-order valence-corrected chi connectivity index (χ1v) is 5.48. The fourth-order valence-electron chi connectivity index (χ4n) is 1.15. The van der Waals surface area contributed by atoms with E-state index in [1.807, 2.05) is 0 Å². The molecule has 0 spiro atoms. The lowest BCUT2D eigenvalue weighted by Gasteiger charge is -2.03. The Morgan fingerprint density at radius 2 is 2.12 bits per heavy atom. The number of anilines is 1. The molecular weight excluding hydrogens is 296 g/mol. The number of benzene rings is 1. The van der Waals surface area contributed by atoms with E-state index in [-0.39, 0.29) is 5.02 Å². The van der Waals surface area contributed by atoms with Crippen molar-refractivity contribution >= 4 is 33.3 Å². The molecular formula is C10H6BrClFN3. The van der Waals surface area contributed by atoms with E-state index < -0.39 is 5.82 Å². The van der Waals surface area contributed by atoms with E-state index in [1.165, 1.54) is 18.3 Å². The van der Waals surface area contributed by atoms with Crippen molar-refractivity contribution in [2.24, 2.45) is 0 Å². The largest absolute Gasteiger partial charge is 0.383 e. The summed E-state index contributed by atoms with van der Waals surface area (Å²) in [6, 6.07) is 4.27. The molecule has 0 atom stereocenters. The monoisotopic (exact) mass is 301 g/mol. The molecule has 0 amide bonds. The van der Waals surface area contributed by atoms with Crippen LogP contribution in [0.5, 0.6) is 0 Å². The van der Waals surface area contributed by atoms with Crippen LogP contribution in [0.25, 0.3) is 11.4 Å². The summed E-state index contributed by atoms with van der Waals surface area (Å²) in [6.45, 7) is 0. The molecule has 0 aliphatic carbocycles. The highest BCUT2D eigenvalue weighted by molar-refractivity contribution is 9.10. The normalized spacial score (nSPS) is 10.4. The first-order valence-electron chi connectivity index (χ1n) is 4.31. The molecule has 16 heavy (non-hydrogen) atoms. The average molecular weight is 303 g/mol. The molecule has 3 nitrogen and oxygen atoms in total. The highest BCUT2D eigenvalue weighted by Crippen LogP contribution is 2.24. The van der Waals surface area contributed by atoms with E-state index in [4.69, 9.17) is 17.3 Å². The van der Waals surface area contributed by atoms with Crippen molar-refractivity contribution in [1.82, 2.24) is 9.97 Å². The van der Waals surface area contributed by atoms with Crippen LogP contribution in [0.1, 0.15) is 0 Å². The van der Waals surface area contributed by atoms with Gasteiger partial charge >= 0.3 is 0 Å². The Hall–Kier alpha value is -1.20. The molecule has 2 rings (SSSR count). The summed E-state index contributed by atoms with van der Waals surface area (Å²) in [5.74, 6) is 0.253. The number of halogens is 3. The third kappa shape index (κ3) is 2.15. The van der Waals surface area contributed by atoms with E-state index in [0.29, 0.717) is 21.7 Å². The Morgan fingerprint density at radius 3 is 2.75 bits per heavy atom. The predicted octanol–water partition coefficient (Wildman–Crippen LogP) is 3.28. The maximum atomic E-state index is 13.0. The van der Waals surface area contributed by atoms with Gasteiger partial charge in [-0.05, 0) is 34.1 Å². The molecule has 1 aromatic carbocycles. The Labute approximate surface area is 105 Å². The van der Waals surface area contributed by atoms with Crippen molar-refractivity contribution in [2.75, 3.05) is 5.73 Å². The third-order valence-corrected chi connectivity index (χ3v) is 2.85. The minimum absolute atomic E-state index is 0.0302. The van der Waals surface area contributed by atoms with E-state index in [9.17, 15) is 4.39 Å². The van der Waals surface area contributed by atoms with Crippen molar-refractivity contribution < 1.29 is 4.39 Å². The van der Waals surface area contributed by atoms with E-state index in [0.717, 1.165) is 0 Å². The maximum absolute atomic E-state index is 13.0. The number of nitrogen functional groups attached to an aromatic ring is 1. The number of aromatic nitrogens is 2. The van der Waals surface area contributed by atoms with Gasteiger partial charge in [-0.2, -0.15) is 0 Å². The van der Waals surface area contributed by atoms with E-state index in [2.05, 4.69) is 25.9 Å². The van der Waals surface area contributed by atoms with Crippen molar-refractivity contribution in [3.8, 4) is 11.4 Å². The lowest BCUT2D eigenvalue weighted by molar-refractivity contribution is 0.628. The standard InChI is InChI=1S/C10H6BrClFN3/c11-6-4-15-10(16-9(6)14)5-1-2-8(13)7(12)3-5/h1-4H,(H2,14,15,16). The molecule has 0 aliphatic rings. The topological polar surface area (TPSA) is 51.8 Å². The number of nitrogens with two attached hydrogens (primary N) is 1. The van der Waals surface area contributed by atoms with Crippen LogP contribution in [0.2, 0.25) is 5.02 Å². The minimum atomic E-state index is -0.476. The van der Waals surface area contributed by atoms with Crippen molar-refractivity contribution in [3.05, 3.63) is 39.7 Å². The predicted molar refractivity (Wildman–Crippen MR) is 64.5 cm³/mol. The second kappa shape index (κ2) is 4.35. The van der Waals surface area contributed by atoms with Crippen LogP contribution in [-0.2, 0) is 0 Å². The van der Waals surface area contributed by atoms with Crippen LogP contribution in [0.4, 0.5) is 10.2 Å². The zero-order chi connectivity index (χ0) is 11.7. The summed E-state index contributed by atoms with van der Waals surface area (Å²) < 4.78 is 13.6. The van der Waals surface area contributed by atoms with Gasteiger partial charge in [-0.3, -0.25) is 0 Å². The smallest absolute Gasteiger partial charge is 0.161 e. The molecule has 0 fully saturated rings. The maximum Gasteiger partial charge on any atom is 0.161 e. The fourth-order valence-corrected chi connectivity index (χ4v) is 1.53. The van der Waals surface area contributed by atoms with Crippen molar-refractivity contribution in [1.29, 1.82) is 0 Å². The van der Waals surface area contributed by atoms with Gasteiger partial charge in [-0.1, -0.05) is 11.6 Å². The second-order valence-electron chi connectivity index (χ2n) is 3.06. The highest BCUT2D eigenvalue weighted by Gasteiger charge is 2.07. The van der Waals surface area contributed by atoms with Crippen molar-refractivity contribution in [3.63, 3.8) is 0 Å². The Kier molecular flexibility index (Phi) is 3.07. The fraction of sp³-hybridized carbons (Fsp3) is 0. The zero-order valence-corrected chi connectivity index (χ0v) is 10.3. The summed E-state index contributed by atoms with van der Waals surface area (Å²) in [7, 11) is 0. The number of rotatable bonds is 1. The molecule has 0 aliphatic heterocycles. The molecule has 1 heterocycles. The molecule has 2 N–H and O–H groups in total. The molecule has 0 saturated carbocycles. The van der Waals surface area contributed by atoms with Gasteiger partial charge in [0.15, 0.2) is 5.82 Å². The zero-order valence-electron chi connectivity index (χ0n) is 7.92. The van der Waals surface area contributed by atoms with Gasteiger partial charge in [0, 0.05) is 11.8 Å². The molecule has 0 unspecified atom stereocenters. The summed E-state index contributed by atoms with van der Waals surface area (Å²) >= 11 is 8.86. The number of nitrogens with zero attached hydrogens (tertiary/aromatic N) is 2. The summed E-state index contributed by atoms with van der Waals surface area (Å²) in [5, 5.41) is 0.0302. The highest BCUT2D eigenvalue weighted by atomic mass is 79.9. The number of hydrogen-bond acceptors (Lipinski definition) is 3. The molecule has 1 aromatic heterocycles. The van der Waals surface area contributed by atoms with Gasteiger partial charge in [0.25, 0.3) is 0 Å². The van der Waals surface area contributed by atoms with Gasteiger partial charge in [0.1, 0.15) is 11.6 Å². The van der Waals surface area contributed by atoms with Crippen molar-refractivity contribution in [2.45, 2.75) is 0 Å². The SMILES string of the molecule is Nc1nc(-c2ccc(F)c(Cl)c2)ncc1Br. The first kappa shape index (κ1) is 11.3. The molecule has 2 aromatic rings. The molecule has 6 heteroatoms. The van der Waals surface area contributed by atoms with E-state index >= 15 is 0 Å². The summed E-state index contributed by atoms with van der Waals surface area (Å²) in [6.07, 6.45) is 1.54. The van der Waals surface area contributed by atoms with Gasteiger partial charge in [0.2, 0.25) is 0 Å². The molecule has 0 saturated heterocycles. The third-order valence-electron chi connectivity index (χ3n) is 1.95. The Morgan fingerprint density at radius 1 is 1.38 bits per heavy atom. The van der Waals surface area contributed by atoms with Crippen LogP contribution in [0.3, 0.4) is 0 Å². The summed E-state index contributed by atoms with van der Waals surface area (Å²) in [5.41, 5.74) is 6.24. The van der Waals surface area contributed by atoms with Gasteiger partial charge in [-0.25, -0.2) is 14.4 Å². The van der Waals surface area contributed by atoms with Crippen LogP contribution >= 0.6 is 27.5 Å².